The van der Waals surface area contributed by atoms with E-state index in [0.717, 1.165) is 31.7 Å². The molecule has 126 valence electrons. The lowest BCUT2D eigenvalue weighted by Gasteiger charge is -2.24. The van der Waals surface area contributed by atoms with E-state index in [9.17, 15) is 0 Å². The van der Waals surface area contributed by atoms with Gasteiger partial charge in [-0.2, -0.15) is 10.2 Å². The molecule has 0 radical (unpaired) electrons. The highest BCUT2D eigenvalue weighted by atomic mass is 16.5. The molecule has 1 unspecified atom stereocenters. The fourth-order valence-electron chi connectivity index (χ4n) is 3.45. The van der Waals surface area contributed by atoms with Crippen molar-refractivity contribution >= 4 is 0 Å². The summed E-state index contributed by atoms with van der Waals surface area (Å²) in [7, 11) is 2.00. The second-order valence-electron chi connectivity index (χ2n) is 6.52. The lowest BCUT2D eigenvalue weighted by atomic mass is 9.99. The molecule has 23 heavy (non-hydrogen) atoms. The quantitative estimate of drug-likeness (QED) is 0.887. The Morgan fingerprint density at radius 1 is 1.43 bits per heavy atom. The number of aryl methyl sites for hydroxylation is 3. The zero-order valence-electron chi connectivity index (χ0n) is 14.5. The van der Waals surface area contributed by atoms with Crippen molar-refractivity contribution in [2.24, 2.45) is 7.05 Å². The Kier molecular flexibility index (Phi) is 4.82. The first-order valence-corrected chi connectivity index (χ1v) is 8.41. The van der Waals surface area contributed by atoms with Gasteiger partial charge in [0.1, 0.15) is 6.10 Å². The molecule has 3 rings (SSSR count). The van der Waals surface area contributed by atoms with Crippen molar-refractivity contribution in [3.63, 3.8) is 0 Å². The third-order valence-corrected chi connectivity index (χ3v) is 4.79. The van der Waals surface area contributed by atoms with Crippen LogP contribution in [0.15, 0.2) is 18.5 Å². The molecule has 2 aromatic heterocycles. The van der Waals surface area contributed by atoms with E-state index in [1.807, 2.05) is 34.9 Å². The molecule has 2 aromatic rings. The van der Waals surface area contributed by atoms with Crippen LogP contribution in [0, 0.1) is 13.8 Å². The molecule has 1 N–H and O–H groups in total. The summed E-state index contributed by atoms with van der Waals surface area (Å²) in [5.74, 6) is 0. The maximum atomic E-state index is 6.04. The highest BCUT2D eigenvalue weighted by Crippen LogP contribution is 2.33. The summed E-state index contributed by atoms with van der Waals surface area (Å²) in [5.41, 5.74) is 3.53. The normalized spacial score (nSPS) is 22.6. The van der Waals surface area contributed by atoms with E-state index in [4.69, 9.17) is 4.74 Å². The third kappa shape index (κ3) is 3.48. The van der Waals surface area contributed by atoms with Crippen molar-refractivity contribution in [1.29, 1.82) is 0 Å². The summed E-state index contributed by atoms with van der Waals surface area (Å²) in [6, 6.07) is 2.74. The lowest BCUT2D eigenvalue weighted by Crippen LogP contribution is -2.39. The van der Waals surface area contributed by atoms with Crippen LogP contribution in [0.3, 0.4) is 0 Å². The Morgan fingerprint density at radius 2 is 2.26 bits per heavy atom. The van der Waals surface area contributed by atoms with Crippen LogP contribution in [0.5, 0.6) is 0 Å². The van der Waals surface area contributed by atoms with Gasteiger partial charge in [-0.25, -0.2) is 0 Å². The van der Waals surface area contributed by atoms with E-state index >= 15 is 0 Å². The Labute approximate surface area is 137 Å². The number of rotatable bonds is 6. The molecule has 0 spiro atoms. The summed E-state index contributed by atoms with van der Waals surface area (Å²) in [6.45, 7) is 8.17. The minimum absolute atomic E-state index is 0.107. The van der Waals surface area contributed by atoms with Gasteiger partial charge < -0.3 is 10.1 Å². The molecule has 0 aromatic carbocycles. The van der Waals surface area contributed by atoms with Gasteiger partial charge in [-0.15, -0.1) is 0 Å². The molecule has 3 heterocycles. The predicted molar refractivity (Wildman–Crippen MR) is 89.2 cm³/mol. The zero-order valence-corrected chi connectivity index (χ0v) is 14.5. The van der Waals surface area contributed by atoms with E-state index in [1.165, 1.54) is 11.3 Å². The number of hydrogen-bond acceptors (Lipinski definition) is 4. The summed E-state index contributed by atoms with van der Waals surface area (Å²) < 4.78 is 9.98. The number of aromatic nitrogens is 4. The van der Waals surface area contributed by atoms with Gasteiger partial charge in [0, 0.05) is 55.9 Å². The molecule has 0 saturated carbocycles. The van der Waals surface area contributed by atoms with Crippen molar-refractivity contribution < 1.29 is 4.74 Å². The van der Waals surface area contributed by atoms with E-state index < -0.39 is 0 Å². The summed E-state index contributed by atoms with van der Waals surface area (Å²) in [6.07, 6.45) is 6.04. The molecule has 0 amide bonds. The first kappa shape index (κ1) is 16.2. The number of hydrogen-bond donors (Lipinski definition) is 1. The average Bonchev–Trinajstić information content (AvgIpc) is 3.21. The van der Waals surface area contributed by atoms with Crippen LogP contribution in [0.25, 0.3) is 0 Å². The number of nitrogens with one attached hydrogen (secondary N) is 1. The van der Waals surface area contributed by atoms with Gasteiger partial charge in [0.05, 0.1) is 5.69 Å². The van der Waals surface area contributed by atoms with Gasteiger partial charge in [0.25, 0.3) is 0 Å². The second-order valence-corrected chi connectivity index (χ2v) is 6.52. The van der Waals surface area contributed by atoms with Crippen LogP contribution in [0.2, 0.25) is 0 Å². The maximum Gasteiger partial charge on any atom is 0.101 e. The molecule has 1 saturated heterocycles. The van der Waals surface area contributed by atoms with Crippen LogP contribution < -0.4 is 5.32 Å². The van der Waals surface area contributed by atoms with Crippen LogP contribution in [0.4, 0.5) is 0 Å². The molecule has 0 aliphatic carbocycles. The van der Waals surface area contributed by atoms with E-state index in [1.54, 1.807) is 0 Å². The molecule has 1 aliphatic heterocycles. The predicted octanol–water partition coefficient (Wildman–Crippen LogP) is 2.13. The van der Waals surface area contributed by atoms with E-state index in [2.05, 4.69) is 36.3 Å². The largest absolute Gasteiger partial charge is 0.372 e. The fraction of sp³-hybridized carbons (Fsp3) is 0.647. The van der Waals surface area contributed by atoms with Gasteiger partial charge >= 0.3 is 0 Å². The van der Waals surface area contributed by atoms with Crippen molar-refractivity contribution in [3.8, 4) is 0 Å². The van der Waals surface area contributed by atoms with Gasteiger partial charge in [-0.3, -0.25) is 9.36 Å². The summed E-state index contributed by atoms with van der Waals surface area (Å²) in [4.78, 5) is 0. The Morgan fingerprint density at radius 3 is 2.91 bits per heavy atom. The molecule has 0 bridgehead atoms. The van der Waals surface area contributed by atoms with Crippen molar-refractivity contribution in [3.05, 3.63) is 35.4 Å². The van der Waals surface area contributed by atoms with Crippen molar-refractivity contribution in [2.45, 2.75) is 58.3 Å². The first-order valence-electron chi connectivity index (χ1n) is 8.41. The molecular formula is C17H27N5O. The molecule has 3 atom stereocenters. The summed E-state index contributed by atoms with van der Waals surface area (Å²) >= 11 is 0. The lowest BCUT2D eigenvalue weighted by molar-refractivity contribution is 0.0953. The van der Waals surface area contributed by atoms with Gasteiger partial charge in [-0.1, -0.05) is 0 Å². The van der Waals surface area contributed by atoms with Gasteiger partial charge in [-0.05, 0) is 39.7 Å². The Bertz CT molecular complexity index is 634. The van der Waals surface area contributed by atoms with Crippen LogP contribution >= 0.6 is 0 Å². The fourth-order valence-corrected chi connectivity index (χ4v) is 3.45. The highest BCUT2D eigenvalue weighted by Gasteiger charge is 2.34. The molecular weight excluding hydrogens is 290 g/mol. The SMILES string of the molecule is Cc1nn(C)c(C)c1[C@H]1OCC[C@@H]1NC(C)CCn1cccn1. The topological polar surface area (TPSA) is 56.9 Å². The van der Waals surface area contributed by atoms with Crippen molar-refractivity contribution in [2.75, 3.05) is 6.61 Å². The average molecular weight is 317 g/mol. The van der Waals surface area contributed by atoms with Gasteiger partial charge in [0.15, 0.2) is 0 Å². The molecule has 1 fully saturated rings. The van der Waals surface area contributed by atoms with E-state index in [-0.39, 0.29) is 6.10 Å². The van der Waals surface area contributed by atoms with Crippen LogP contribution in [-0.2, 0) is 18.3 Å². The number of ether oxygens (including phenoxy) is 1. The monoisotopic (exact) mass is 317 g/mol. The van der Waals surface area contributed by atoms with Crippen LogP contribution in [-0.4, -0.2) is 38.3 Å². The summed E-state index contributed by atoms with van der Waals surface area (Å²) in [5, 5.41) is 12.5. The minimum atomic E-state index is 0.107. The smallest absolute Gasteiger partial charge is 0.101 e. The Balaban J connectivity index is 1.62. The van der Waals surface area contributed by atoms with E-state index in [0.29, 0.717) is 12.1 Å². The second kappa shape index (κ2) is 6.84. The van der Waals surface area contributed by atoms with Gasteiger partial charge in [0.2, 0.25) is 0 Å². The standard InChI is InChI=1S/C17H27N5O/c1-12(6-10-22-9-5-8-18-22)19-15-7-11-23-17(15)16-13(2)20-21(4)14(16)3/h5,8-9,12,15,17,19H,6-7,10-11H2,1-4H3/t12?,15-,17-/m0/s1. The van der Waals surface area contributed by atoms with Crippen molar-refractivity contribution in [1.82, 2.24) is 24.9 Å². The molecule has 6 heteroatoms. The minimum Gasteiger partial charge on any atom is -0.372 e. The molecule has 6 nitrogen and oxygen atoms in total. The Hall–Kier alpha value is -1.66. The number of nitrogens with zero attached hydrogens (tertiary/aromatic N) is 4. The zero-order chi connectivity index (χ0) is 16.4. The maximum absolute atomic E-state index is 6.04. The third-order valence-electron chi connectivity index (χ3n) is 4.79. The first-order chi connectivity index (χ1) is 11.1. The highest BCUT2D eigenvalue weighted by molar-refractivity contribution is 5.29. The van der Waals surface area contributed by atoms with Crippen LogP contribution in [0.1, 0.15) is 42.8 Å². The molecule has 1 aliphatic rings.